The Labute approximate surface area is 86.9 Å². The van der Waals surface area contributed by atoms with E-state index in [1.54, 1.807) is 0 Å². The van der Waals surface area contributed by atoms with Gasteiger partial charge in [-0.15, -0.1) is 0 Å². The molecular formula is C9H13BrN2O. The standard InChI is InChI=1S/C9H13BrN2O/c1-3-4-5-8(10)9(6-11)12-7(2)13/h3-5H2,1-2H3,(H,12,13)/b9-8+. The highest BCUT2D eigenvalue weighted by Crippen LogP contribution is 2.17. The maximum atomic E-state index is 10.7. The van der Waals surface area contributed by atoms with Gasteiger partial charge in [0.05, 0.1) is 0 Å². The van der Waals surface area contributed by atoms with Crippen LogP contribution < -0.4 is 5.32 Å². The van der Waals surface area contributed by atoms with Gasteiger partial charge in [0.15, 0.2) is 0 Å². The number of nitrogens with zero attached hydrogens (tertiary/aromatic N) is 1. The summed E-state index contributed by atoms with van der Waals surface area (Å²) >= 11 is 3.28. The van der Waals surface area contributed by atoms with Crippen LogP contribution in [0.3, 0.4) is 0 Å². The Morgan fingerprint density at radius 1 is 1.62 bits per heavy atom. The van der Waals surface area contributed by atoms with Crippen LogP contribution in [0, 0.1) is 11.3 Å². The minimum Gasteiger partial charge on any atom is -0.317 e. The van der Waals surface area contributed by atoms with Gasteiger partial charge in [0.1, 0.15) is 11.8 Å². The molecule has 72 valence electrons. The molecule has 0 aromatic rings. The molecule has 0 atom stereocenters. The predicted octanol–water partition coefficient (Wildman–Crippen LogP) is 2.44. The fourth-order valence-corrected chi connectivity index (χ4v) is 1.26. The van der Waals surface area contributed by atoms with Crippen LogP contribution in [0.5, 0.6) is 0 Å². The van der Waals surface area contributed by atoms with E-state index in [0.717, 1.165) is 23.7 Å². The van der Waals surface area contributed by atoms with Crippen LogP contribution in [-0.4, -0.2) is 5.91 Å². The number of halogens is 1. The summed E-state index contributed by atoms with van der Waals surface area (Å²) in [5.74, 6) is -0.218. The largest absolute Gasteiger partial charge is 0.317 e. The van der Waals surface area contributed by atoms with Crippen molar-refractivity contribution in [2.45, 2.75) is 33.1 Å². The summed E-state index contributed by atoms with van der Waals surface area (Å²) < 4.78 is 0.770. The third kappa shape index (κ3) is 5.42. The van der Waals surface area contributed by atoms with Crippen LogP contribution in [0.1, 0.15) is 33.1 Å². The second-order valence-corrected chi connectivity index (χ2v) is 3.63. The monoisotopic (exact) mass is 244 g/mol. The average molecular weight is 245 g/mol. The Morgan fingerprint density at radius 2 is 2.23 bits per heavy atom. The highest BCUT2D eigenvalue weighted by Gasteiger charge is 2.04. The van der Waals surface area contributed by atoms with Gasteiger partial charge in [0.2, 0.25) is 5.91 Å². The molecule has 0 spiro atoms. The van der Waals surface area contributed by atoms with Crippen molar-refractivity contribution in [2.75, 3.05) is 0 Å². The average Bonchev–Trinajstić information content (AvgIpc) is 2.09. The number of unbranched alkanes of at least 4 members (excludes halogenated alkanes) is 1. The first-order valence-electron chi connectivity index (χ1n) is 4.18. The summed E-state index contributed by atoms with van der Waals surface area (Å²) in [7, 11) is 0. The molecule has 3 nitrogen and oxygen atoms in total. The van der Waals surface area contributed by atoms with Crippen LogP contribution in [0.2, 0.25) is 0 Å². The Bertz CT molecular complexity index is 253. The van der Waals surface area contributed by atoms with Gasteiger partial charge in [-0.3, -0.25) is 4.79 Å². The molecule has 0 aromatic carbocycles. The van der Waals surface area contributed by atoms with Gasteiger partial charge in [0.25, 0.3) is 0 Å². The zero-order valence-electron chi connectivity index (χ0n) is 7.85. The molecule has 0 bridgehead atoms. The molecule has 0 saturated carbocycles. The summed E-state index contributed by atoms with van der Waals surface area (Å²) in [6, 6.07) is 1.94. The number of nitrogens with one attached hydrogen (secondary N) is 1. The van der Waals surface area contributed by atoms with Crippen LogP contribution in [0.4, 0.5) is 0 Å². The number of hydrogen-bond donors (Lipinski definition) is 1. The van der Waals surface area contributed by atoms with Crippen LogP contribution >= 0.6 is 15.9 Å². The normalized spacial score (nSPS) is 11.5. The van der Waals surface area contributed by atoms with E-state index in [4.69, 9.17) is 5.26 Å². The Kier molecular flexibility index (Phi) is 6.25. The van der Waals surface area contributed by atoms with Crippen molar-refractivity contribution >= 4 is 21.8 Å². The molecule has 0 aliphatic carbocycles. The Hall–Kier alpha value is -0.820. The highest BCUT2D eigenvalue weighted by molar-refractivity contribution is 9.11. The van der Waals surface area contributed by atoms with Gasteiger partial charge in [-0.2, -0.15) is 5.26 Å². The van der Waals surface area contributed by atoms with Crippen molar-refractivity contribution in [3.8, 4) is 6.07 Å². The highest BCUT2D eigenvalue weighted by atomic mass is 79.9. The summed E-state index contributed by atoms with van der Waals surface area (Å²) in [5, 5.41) is 11.2. The van der Waals surface area contributed by atoms with E-state index in [1.807, 2.05) is 6.07 Å². The molecule has 0 heterocycles. The van der Waals surface area contributed by atoms with E-state index in [9.17, 15) is 4.79 Å². The molecule has 13 heavy (non-hydrogen) atoms. The maximum Gasteiger partial charge on any atom is 0.221 e. The van der Waals surface area contributed by atoms with E-state index in [-0.39, 0.29) is 5.91 Å². The van der Waals surface area contributed by atoms with Gasteiger partial charge in [-0.1, -0.05) is 29.3 Å². The van der Waals surface area contributed by atoms with Crippen molar-refractivity contribution in [1.29, 1.82) is 5.26 Å². The molecule has 4 heteroatoms. The summed E-state index contributed by atoms with van der Waals surface area (Å²) in [5.41, 5.74) is 0.320. The van der Waals surface area contributed by atoms with Gasteiger partial charge >= 0.3 is 0 Å². The SMILES string of the molecule is CCCC/C(Br)=C(/C#N)NC(C)=O. The Morgan fingerprint density at radius 3 is 2.62 bits per heavy atom. The van der Waals surface area contributed by atoms with Crippen LogP contribution in [-0.2, 0) is 4.79 Å². The number of carbonyl (C=O) groups excluding carboxylic acids is 1. The van der Waals surface area contributed by atoms with Crippen molar-refractivity contribution in [3.05, 3.63) is 10.2 Å². The number of allylic oxidation sites excluding steroid dienone is 2. The zero-order valence-corrected chi connectivity index (χ0v) is 9.44. The smallest absolute Gasteiger partial charge is 0.221 e. The van der Waals surface area contributed by atoms with Crippen LogP contribution in [0.15, 0.2) is 10.2 Å². The van der Waals surface area contributed by atoms with E-state index in [1.165, 1.54) is 6.92 Å². The van der Waals surface area contributed by atoms with E-state index < -0.39 is 0 Å². The van der Waals surface area contributed by atoms with Gasteiger partial charge in [-0.05, 0) is 12.8 Å². The van der Waals surface area contributed by atoms with Crippen molar-refractivity contribution in [1.82, 2.24) is 5.32 Å². The first-order chi connectivity index (χ1) is 6.11. The fourth-order valence-electron chi connectivity index (χ4n) is 0.789. The summed E-state index contributed by atoms with van der Waals surface area (Å²) in [6.07, 6.45) is 2.86. The number of nitriles is 1. The molecule has 0 aliphatic rings. The number of amides is 1. The topological polar surface area (TPSA) is 52.9 Å². The van der Waals surface area contributed by atoms with Crippen LogP contribution in [0.25, 0.3) is 0 Å². The summed E-state index contributed by atoms with van der Waals surface area (Å²) in [6.45, 7) is 3.46. The minimum absolute atomic E-state index is 0.218. The molecule has 0 aromatic heterocycles. The van der Waals surface area contributed by atoms with E-state index in [2.05, 4.69) is 28.2 Å². The lowest BCUT2D eigenvalue weighted by Crippen LogP contribution is -2.18. The van der Waals surface area contributed by atoms with Gasteiger partial charge < -0.3 is 5.32 Å². The Balaban J connectivity index is 4.33. The molecule has 1 amide bonds. The van der Waals surface area contributed by atoms with E-state index >= 15 is 0 Å². The van der Waals surface area contributed by atoms with Crippen molar-refractivity contribution < 1.29 is 4.79 Å². The lowest BCUT2D eigenvalue weighted by atomic mass is 10.2. The molecule has 0 rings (SSSR count). The molecule has 1 N–H and O–H groups in total. The van der Waals surface area contributed by atoms with E-state index in [0.29, 0.717) is 5.70 Å². The van der Waals surface area contributed by atoms with Crippen molar-refractivity contribution in [2.24, 2.45) is 0 Å². The minimum atomic E-state index is -0.218. The third-order valence-corrected chi connectivity index (χ3v) is 2.23. The van der Waals surface area contributed by atoms with Gasteiger partial charge in [0, 0.05) is 11.4 Å². The molecule has 0 fully saturated rings. The molecule has 0 radical (unpaired) electrons. The lowest BCUT2D eigenvalue weighted by molar-refractivity contribution is -0.118. The second-order valence-electron chi connectivity index (χ2n) is 2.68. The zero-order chi connectivity index (χ0) is 10.3. The maximum absolute atomic E-state index is 10.7. The van der Waals surface area contributed by atoms with Gasteiger partial charge in [-0.25, -0.2) is 0 Å². The molecule has 0 saturated heterocycles. The lowest BCUT2D eigenvalue weighted by Gasteiger charge is -2.03. The predicted molar refractivity (Wildman–Crippen MR) is 54.9 cm³/mol. The second kappa shape index (κ2) is 6.67. The number of hydrogen-bond acceptors (Lipinski definition) is 2. The molecule has 0 unspecified atom stereocenters. The third-order valence-electron chi connectivity index (χ3n) is 1.43. The molecular weight excluding hydrogens is 232 g/mol. The first-order valence-corrected chi connectivity index (χ1v) is 4.97. The first kappa shape index (κ1) is 12.2. The molecule has 0 aliphatic heterocycles. The quantitative estimate of drug-likeness (QED) is 0.773. The van der Waals surface area contributed by atoms with Crippen molar-refractivity contribution in [3.63, 3.8) is 0 Å². The number of carbonyl (C=O) groups is 1. The number of rotatable bonds is 4. The fraction of sp³-hybridized carbons (Fsp3) is 0.556. The summed E-state index contributed by atoms with van der Waals surface area (Å²) in [4.78, 5) is 10.7.